The van der Waals surface area contributed by atoms with Gasteiger partial charge in [-0.1, -0.05) is 51.8 Å². The molecule has 2 nitrogen and oxygen atoms in total. The highest BCUT2D eigenvalue weighted by Gasteiger charge is 2.34. The molecule has 1 N–H and O–H groups in total. The van der Waals surface area contributed by atoms with E-state index in [0.29, 0.717) is 21.8 Å². The van der Waals surface area contributed by atoms with Crippen LogP contribution in [0.25, 0.3) is 22.2 Å². The highest BCUT2D eigenvalue weighted by Crippen LogP contribution is 2.37. The van der Waals surface area contributed by atoms with E-state index in [4.69, 9.17) is 11.6 Å². The molecular formula is C18H12BrClF3NO. The molecule has 25 heavy (non-hydrogen) atoms. The minimum absolute atomic E-state index is 0.183. The van der Waals surface area contributed by atoms with Crippen molar-refractivity contribution in [3.63, 3.8) is 0 Å². The van der Waals surface area contributed by atoms with Gasteiger partial charge in [0.05, 0.1) is 22.9 Å². The molecule has 3 aromatic rings. The summed E-state index contributed by atoms with van der Waals surface area (Å²) in [6.45, 7) is 0. The minimum Gasteiger partial charge on any atom is -0.388 e. The molecule has 0 amide bonds. The first kappa shape index (κ1) is 18.2. The first-order valence-electron chi connectivity index (χ1n) is 7.32. The third kappa shape index (κ3) is 3.66. The number of para-hydroxylation sites is 1. The summed E-state index contributed by atoms with van der Waals surface area (Å²) in [4.78, 5) is 4.23. The molecule has 2 aromatic carbocycles. The van der Waals surface area contributed by atoms with E-state index in [1.54, 1.807) is 30.3 Å². The molecule has 0 aliphatic rings. The topological polar surface area (TPSA) is 33.1 Å². The van der Waals surface area contributed by atoms with Gasteiger partial charge >= 0.3 is 6.18 Å². The van der Waals surface area contributed by atoms with Crippen molar-refractivity contribution in [3.8, 4) is 11.3 Å². The summed E-state index contributed by atoms with van der Waals surface area (Å²) in [6, 6.07) is 12.1. The molecule has 0 spiro atoms. The third-order valence-corrected chi connectivity index (χ3v) is 4.69. The van der Waals surface area contributed by atoms with E-state index < -0.39 is 17.8 Å². The van der Waals surface area contributed by atoms with E-state index in [0.717, 1.165) is 6.07 Å². The van der Waals surface area contributed by atoms with E-state index in [2.05, 4.69) is 20.9 Å². The number of halogens is 5. The Morgan fingerprint density at radius 2 is 1.80 bits per heavy atom. The van der Waals surface area contributed by atoms with Gasteiger partial charge in [-0.15, -0.1) is 0 Å². The Balaban J connectivity index is 2.34. The quantitative estimate of drug-likeness (QED) is 0.517. The molecule has 0 saturated carbocycles. The standard InChI is InChI=1S/C18H12BrClF3NO/c19-9-16(25)13-8-15(10-4-6-11(20)7-5-10)24-17-12(13)2-1-3-14(17)18(21,22)23/h1-8,16,25H,9H2. The summed E-state index contributed by atoms with van der Waals surface area (Å²) in [6.07, 6.45) is -5.50. The average molecular weight is 431 g/mol. The Labute approximate surface area is 155 Å². The van der Waals surface area contributed by atoms with Crippen LogP contribution in [0, 0.1) is 0 Å². The number of rotatable bonds is 3. The van der Waals surface area contributed by atoms with Crippen molar-refractivity contribution in [2.24, 2.45) is 0 Å². The van der Waals surface area contributed by atoms with Gasteiger partial charge in [0.15, 0.2) is 0 Å². The van der Waals surface area contributed by atoms with Gasteiger partial charge < -0.3 is 5.11 Å². The lowest BCUT2D eigenvalue weighted by Crippen LogP contribution is -2.09. The number of aliphatic hydroxyl groups is 1. The maximum atomic E-state index is 13.4. The monoisotopic (exact) mass is 429 g/mol. The summed E-state index contributed by atoms with van der Waals surface area (Å²) >= 11 is 9.04. The first-order valence-corrected chi connectivity index (χ1v) is 8.82. The smallest absolute Gasteiger partial charge is 0.388 e. The van der Waals surface area contributed by atoms with E-state index in [1.165, 1.54) is 12.1 Å². The van der Waals surface area contributed by atoms with Crippen LogP contribution in [-0.2, 0) is 6.18 Å². The van der Waals surface area contributed by atoms with Crippen LogP contribution in [0.2, 0.25) is 5.02 Å². The number of hydrogen-bond donors (Lipinski definition) is 1. The molecule has 0 saturated heterocycles. The van der Waals surface area contributed by atoms with E-state index in [9.17, 15) is 18.3 Å². The number of alkyl halides is 4. The summed E-state index contributed by atoms with van der Waals surface area (Å²) in [7, 11) is 0. The van der Waals surface area contributed by atoms with E-state index >= 15 is 0 Å². The van der Waals surface area contributed by atoms with Crippen LogP contribution in [0.15, 0.2) is 48.5 Å². The van der Waals surface area contributed by atoms with Crippen molar-refractivity contribution in [2.75, 3.05) is 5.33 Å². The molecule has 3 rings (SSSR count). The van der Waals surface area contributed by atoms with Gasteiger partial charge in [0, 0.05) is 21.3 Å². The Morgan fingerprint density at radius 1 is 1.12 bits per heavy atom. The number of fused-ring (bicyclic) bond motifs is 1. The summed E-state index contributed by atoms with van der Waals surface area (Å²) < 4.78 is 40.2. The fourth-order valence-electron chi connectivity index (χ4n) is 2.63. The second-order valence-electron chi connectivity index (χ2n) is 5.47. The molecule has 1 atom stereocenters. The Hall–Kier alpha value is -1.63. The predicted octanol–water partition coefficient (Wildman–Crippen LogP) is 6.00. The molecule has 0 aliphatic heterocycles. The summed E-state index contributed by atoms with van der Waals surface area (Å²) in [5.41, 5.74) is 0.335. The van der Waals surface area contributed by atoms with Crippen LogP contribution in [0.3, 0.4) is 0 Å². The van der Waals surface area contributed by atoms with Gasteiger partial charge in [0.25, 0.3) is 0 Å². The zero-order chi connectivity index (χ0) is 18.2. The number of aliphatic hydroxyl groups excluding tert-OH is 1. The fourth-order valence-corrected chi connectivity index (χ4v) is 3.11. The largest absolute Gasteiger partial charge is 0.418 e. The fraction of sp³-hybridized carbons (Fsp3) is 0.167. The molecular weight excluding hydrogens is 419 g/mol. The van der Waals surface area contributed by atoms with Crippen LogP contribution in [0.5, 0.6) is 0 Å². The second-order valence-corrected chi connectivity index (χ2v) is 6.56. The number of benzene rings is 2. The minimum atomic E-state index is -4.54. The number of aromatic nitrogens is 1. The van der Waals surface area contributed by atoms with E-state index in [1.807, 2.05) is 0 Å². The maximum absolute atomic E-state index is 13.4. The Morgan fingerprint density at radius 3 is 2.40 bits per heavy atom. The van der Waals surface area contributed by atoms with Crippen molar-refractivity contribution >= 4 is 38.4 Å². The molecule has 0 radical (unpaired) electrons. The van der Waals surface area contributed by atoms with Crippen molar-refractivity contribution < 1.29 is 18.3 Å². The third-order valence-electron chi connectivity index (χ3n) is 3.82. The van der Waals surface area contributed by atoms with Crippen molar-refractivity contribution in [3.05, 3.63) is 64.7 Å². The summed E-state index contributed by atoms with van der Waals surface area (Å²) in [5, 5.41) is 11.2. The van der Waals surface area contributed by atoms with Gasteiger partial charge in [-0.3, -0.25) is 0 Å². The number of nitrogens with zero attached hydrogens (tertiary/aromatic N) is 1. The van der Waals surface area contributed by atoms with Crippen LogP contribution >= 0.6 is 27.5 Å². The Bertz CT molecular complexity index is 913. The van der Waals surface area contributed by atoms with Crippen molar-refractivity contribution in [2.45, 2.75) is 12.3 Å². The molecule has 0 fully saturated rings. The van der Waals surface area contributed by atoms with Crippen LogP contribution < -0.4 is 0 Å². The summed E-state index contributed by atoms with van der Waals surface area (Å²) in [5.74, 6) is 0. The normalized spacial score (nSPS) is 13.2. The zero-order valence-corrected chi connectivity index (χ0v) is 15.0. The van der Waals surface area contributed by atoms with Crippen LogP contribution in [0.1, 0.15) is 17.2 Å². The highest BCUT2D eigenvalue weighted by atomic mass is 79.9. The van der Waals surface area contributed by atoms with Crippen molar-refractivity contribution in [1.82, 2.24) is 4.98 Å². The number of pyridine rings is 1. The second kappa shape index (κ2) is 6.94. The lowest BCUT2D eigenvalue weighted by Gasteiger charge is -2.16. The lowest BCUT2D eigenvalue weighted by atomic mass is 9.98. The number of hydrogen-bond acceptors (Lipinski definition) is 2. The van der Waals surface area contributed by atoms with Crippen LogP contribution in [0.4, 0.5) is 13.2 Å². The maximum Gasteiger partial charge on any atom is 0.418 e. The average Bonchev–Trinajstić information content (AvgIpc) is 2.59. The zero-order valence-electron chi connectivity index (χ0n) is 12.7. The first-order chi connectivity index (χ1) is 11.8. The van der Waals surface area contributed by atoms with E-state index in [-0.39, 0.29) is 16.2 Å². The molecule has 0 bridgehead atoms. The Kier molecular flexibility index (Phi) is 5.04. The van der Waals surface area contributed by atoms with Crippen molar-refractivity contribution in [1.29, 1.82) is 0 Å². The molecule has 130 valence electrons. The SMILES string of the molecule is OC(CBr)c1cc(-c2ccc(Cl)cc2)nc2c(C(F)(F)F)cccc12. The lowest BCUT2D eigenvalue weighted by molar-refractivity contribution is -0.136. The molecule has 1 heterocycles. The van der Waals surface area contributed by atoms with Gasteiger partial charge in [-0.05, 0) is 29.8 Å². The molecule has 1 unspecified atom stereocenters. The predicted molar refractivity (Wildman–Crippen MR) is 95.9 cm³/mol. The van der Waals surface area contributed by atoms with Gasteiger partial charge in [-0.25, -0.2) is 4.98 Å². The molecule has 1 aromatic heterocycles. The highest BCUT2D eigenvalue weighted by molar-refractivity contribution is 9.09. The van der Waals surface area contributed by atoms with Gasteiger partial charge in [0.1, 0.15) is 0 Å². The van der Waals surface area contributed by atoms with Crippen LogP contribution in [-0.4, -0.2) is 15.4 Å². The van der Waals surface area contributed by atoms with Gasteiger partial charge in [0.2, 0.25) is 0 Å². The molecule has 7 heteroatoms. The molecule has 0 aliphatic carbocycles. The van der Waals surface area contributed by atoms with Gasteiger partial charge in [-0.2, -0.15) is 13.2 Å².